The Kier molecular flexibility index (Phi) is 7.13. The quantitative estimate of drug-likeness (QED) is 0.636. The topological polar surface area (TPSA) is 36.9 Å². The number of hydrogen-bond acceptors (Lipinski definition) is 4. The molecule has 2 rings (SSSR count). The molecule has 0 spiro atoms. The lowest BCUT2D eigenvalue weighted by Gasteiger charge is -2.16. The van der Waals surface area contributed by atoms with E-state index >= 15 is 0 Å². The van der Waals surface area contributed by atoms with Crippen LogP contribution < -0.4 is 9.47 Å². The second kappa shape index (κ2) is 9.35. The molecule has 0 radical (unpaired) electrons. The van der Waals surface area contributed by atoms with Gasteiger partial charge in [-0.05, 0) is 17.1 Å². The molecular formula is C18H19BrO4. The van der Waals surface area contributed by atoms with Crippen molar-refractivity contribution in [3.05, 3.63) is 64.6 Å². The normalized spacial score (nSPS) is 10.2. The molecule has 2 aromatic rings. The predicted octanol–water partition coefficient (Wildman–Crippen LogP) is 4.44. The zero-order valence-electron chi connectivity index (χ0n) is 13.1. The highest BCUT2D eigenvalue weighted by molar-refractivity contribution is 9.11. The largest absolute Gasteiger partial charge is 0.467 e. The van der Waals surface area contributed by atoms with E-state index in [0.29, 0.717) is 0 Å². The first-order valence-corrected chi connectivity index (χ1v) is 7.96. The van der Waals surface area contributed by atoms with Crippen LogP contribution in [0.1, 0.15) is 11.1 Å². The molecule has 0 heterocycles. The predicted molar refractivity (Wildman–Crippen MR) is 93.9 cm³/mol. The van der Waals surface area contributed by atoms with Crippen LogP contribution in [-0.2, 0) is 9.47 Å². The van der Waals surface area contributed by atoms with Crippen molar-refractivity contribution in [1.29, 1.82) is 0 Å². The maximum atomic E-state index is 5.66. The Morgan fingerprint density at radius 3 is 1.65 bits per heavy atom. The third-order valence-electron chi connectivity index (χ3n) is 3.13. The van der Waals surface area contributed by atoms with Crippen LogP contribution in [0.15, 0.2) is 53.5 Å². The highest BCUT2D eigenvalue weighted by atomic mass is 79.9. The molecule has 0 aliphatic carbocycles. The summed E-state index contributed by atoms with van der Waals surface area (Å²) >= 11 is 3.46. The minimum absolute atomic E-state index is 0.189. The first-order valence-electron chi connectivity index (χ1n) is 7.04. The summed E-state index contributed by atoms with van der Waals surface area (Å²) in [6.45, 7) is 0.378. The Morgan fingerprint density at radius 2 is 1.26 bits per heavy atom. The van der Waals surface area contributed by atoms with Crippen LogP contribution in [-0.4, -0.2) is 27.8 Å². The van der Waals surface area contributed by atoms with Crippen LogP contribution in [0.5, 0.6) is 11.5 Å². The highest BCUT2D eigenvalue weighted by Gasteiger charge is 2.14. The highest BCUT2D eigenvalue weighted by Crippen LogP contribution is 2.36. The van der Waals surface area contributed by atoms with Gasteiger partial charge in [-0.3, -0.25) is 0 Å². The van der Waals surface area contributed by atoms with Crippen molar-refractivity contribution >= 4 is 21.5 Å². The van der Waals surface area contributed by atoms with E-state index in [9.17, 15) is 0 Å². The van der Waals surface area contributed by atoms with Gasteiger partial charge in [0.15, 0.2) is 13.6 Å². The molecule has 0 bridgehead atoms. The van der Waals surface area contributed by atoms with Crippen LogP contribution in [0, 0.1) is 0 Å². The van der Waals surface area contributed by atoms with Crippen molar-refractivity contribution in [2.75, 3.05) is 27.8 Å². The molecule has 0 saturated carbocycles. The number of benzene rings is 2. The van der Waals surface area contributed by atoms with E-state index in [4.69, 9.17) is 18.9 Å². The fourth-order valence-electron chi connectivity index (χ4n) is 2.14. The summed E-state index contributed by atoms with van der Waals surface area (Å²) < 4.78 is 21.3. The van der Waals surface area contributed by atoms with Crippen LogP contribution in [0.4, 0.5) is 0 Å². The molecule has 0 unspecified atom stereocenters. The minimum atomic E-state index is 0.189. The number of hydrogen-bond donors (Lipinski definition) is 0. The Hall–Kier alpha value is -1.82. The molecule has 0 amide bonds. The average molecular weight is 379 g/mol. The fourth-order valence-corrected chi connectivity index (χ4v) is 2.63. The van der Waals surface area contributed by atoms with E-state index in [1.54, 1.807) is 14.2 Å². The summed E-state index contributed by atoms with van der Waals surface area (Å²) in [5, 5.41) is 0. The number of para-hydroxylation sites is 2. The molecule has 4 nitrogen and oxygen atoms in total. The fraction of sp³-hybridized carbons (Fsp3) is 0.222. The minimum Gasteiger partial charge on any atom is -0.467 e. The summed E-state index contributed by atoms with van der Waals surface area (Å²) in [5.41, 5.74) is 2.83. The Balaban J connectivity index is 2.42. The van der Waals surface area contributed by atoms with Gasteiger partial charge in [-0.15, -0.1) is 0 Å². The summed E-state index contributed by atoms with van der Waals surface area (Å²) in [6, 6.07) is 15.6. The van der Waals surface area contributed by atoms with Gasteiger partial charge >= 0.3 is 0 Å². The number of halogens is 1. The standard InChI is InChI=1S/C18H19BrO4/c1-20-12-22-17-9-5-3-7-14(17)16(11-19)15-8-4-6-10-18(15)23-13-21-2/h3-11H,12-13H2,1-2H3. The third-order valence-corrected chi connectivity index (χ3v) is 3.59. The van der Waals surface area contributed by atoms with Crippen LogP contribution in [0.2, 0.25) is 0 Å². The van der Waals surface area contributed by atoms with Gasteiger partial charge in [0, 0.05) is 30.9 Å². The second-order valence-electron chi connectivity index (χ2n) is 4.62. The number of methoxy groups -OCH3 is 2. The van der Waals surface area contributed by atoms with Crippen molar-refractivity contribution in [3.63, 3.8) is 0 Å². The molecule has 0 aliphatic heterocycles. The first kappa shape index (κ1) is 17.5. The smallest absolute Gasteiger partial charge is 0.188 e. The third kappa shape index (κ3) is 4.58. The lowest BCUT2D eigenvalue weighted by atomic mass is 9.98. The average Bonchev–Trinajstić information content (AvgIpc) is 2.60. The zero-order chi connectivity index (χ0) is 16.5. The van der Waals surface area contributed by atoms with E-state index in [0.717, 1.165) is 28.2 Å². The van der Waals surface area contributed by atoms with Crippen molar-refractivity contribution < 1.29 is 18.9 Å². The molecule has 122 valence electrons. The SMILES string of the molecule is COCOc1ccccc1C(=CBr)c1ccccc1OCOC. The molecule has 2 aromatic carbocycles. The van der Waals surface area contributed by atoms with Gasteiger partial charge in [0.2, 0.25) is 0 Å². The van der Waals surface area contributed by atoms with Crippen molar-refractivity contribution in [2.45, 2.75) is 0 Å². The molecular weight excluding hydrogens is 360 g/mol. The van der Waals surface area contributed by atoms with Gasteiger partial charge in [-0.1, -0.05) is 52.3 Å². The van der Waals surface area contributed by atoms with Crippen molar-refractivity contribution in [3.8, 4) is 11.5 Å². The second-order valence-corrected chi connectivity index (χ2v) is 5.07. The summed E-state index contributed by atoms with van der Waals surface area (Å²) in [6.07, 6.45) is 0. The molecule has 0 saturated heterocycles. The van der Waals surface area contributed by atoms with Crippen molar-refractivity contribution in [1.82, 2.24) is 0 Å². The van der Waals surface area contributed by atoms with E-state index < -0.39 is 0 Å². The molecule has 0 aliphatic rings. The maximum absolute atomic E-state index is 5.66. The molecule has 0 N–H and O–H groups in total. The molecule has 23 heavy (non-hydrogen) atoms. The van der Waals surface area contributed by atoms with Gasteiger partial charge in [0.25, 0.3) is 0 Å². The van der Waals surface area contributed by atoms with E-state index in [2.05, 4.69) is 15.9 Å². The lowest BCUT2D eigenvalue weighted by molar-refractivity contribution is 0.0506. The van der Waals surface area contributed by atoms with Gasteiger partial charge < -0.3 is 18.9 Å². The Labute approximate surface area is 144 Å². The number of ether oxygens (including phenoxy) is 4. The molecule has 0 fully saturated rings. The van der Waals surface area contributed by atoms with Gasteiger partial charge in [0.1, 0.15) is 11.5 Å². The summed E-state index contributed by atoms with van der Waals surface area (Å²) in [4.78, 5) is 1.86. The summed E-state index contributed by atoms with van der Waals surface area (Å²) in [7, 11) is 3.19. The zero-order valence-corrected chi connectivity index (χ0v) is 14.7. The Bertz CT molecular complexity index is 601. The van der Waals surface area contributed by atoms with E-state index in [1.165, 1.54) is 0 Å². The van der Waals surface area contributed by atoms with Gasteiger partial charge in [0.05, 0.1) is 0 Å². The monoisotopic (exact) mass is 378 g/mol. The van der Waals surface area contributed by atoms with E-state index in [1.807, 2.05) is 53.5 Å². The molecule has 0 atom stereocenters. The first-order chi connectivity index (χ1) is 11.3. The van der Waals surface area contributed by atoms with Crippen LogP contribution in [0.3, 0.4) is 0 Å². The van der Waals surface area contributed by atoms with Gasteiger partial charge in [-0.2, -0.15) is 0 Å². The van der Waals surface area contributed by atoms with Crippen molar-refractivity contribution in [2.24, 2.45) is 0 Å². The molecule has 0 aromatic heterocycles. The van der Waals surface area contributed by atoms with E-state index in [-0.39, 0.29) is 13.6 Å². The number of rotatable bonds is 8. The van der Waals surface area contributed by atoms with Gasteiger partial charge in [-0.25, -0.2) is 0 Å². The summed E-state index contributed by atoms with van der Waals surface area (Å²) in [5.74, 6) is 1.48. The lowest BCUT2D eigenvalue weighted by Crippen LogP contribution is -2.04. The van der Waals surface area contributed by atoms with Crippen LogP contribution >= 0.6 is 15.9 Å². The Morgan fingerprint density at radius 1 is 0.826 bits per heavy atom. The molecule has 5 heteroatoms. The van der Waals surface area contributed by atoms with Crippen LogP contribution in [0.25, 0.3) is 5.57 Å². The maximum Gasteiger partial charge on any atom is 0.188 e.